The summed E-state index contributed by atoms with van der Waals surface area (Å²) in [6.07, 6.45) is 2.96. The van der Waals surface area contributed by atoms with Crippen LogP contribution in [0.25, 0.3) is 0 Å². The van der Waals surface area contributed by atoms with Crippen LogP contribution in [0.3, 0.4) is 0 Å². The number of carbonyl (C=O) groups is 2. The van der Waals surface area contributed by atoms with E-state index in [1.165, 1.54) is 11.3 Å². The number of ether oxygens (including phenoxy) is 1. The highest BCUT2D eigenvalue weighted by molar-refractivity contribution is 7.17. The Morgan fingerprint density at radius 3 is 2.60 bits per heavy atom. The molecule has 1 aliphatic rings. The number of aromatic nitrogens is 1. The van der Waals surface area contributed by atoms with Crippen molar-refractivity contribution < 1.29 is 14.3 Å². The number of benzene rings is 1. The Balaban J connectivity index is 1.89. The fourth-order valence-electron chi connectivity index (χ4n) is 2.77. The molecule has 0 aliphatic heterocycles. The van der Waals surface area contributed by atoms with E-state index in [2.05, 4.69) is 4.98 Å². The Bertz CT molecular complexity index is 753. The number of hydrogen-bond acceptors (Lipinski definition) is 5. The highest BCUT2D eigenvalue weighted by Gasteiger charge is 2.32. The van der Waals surface area contributed by atoms with Crippen LogP contribution in [0.5, 0.6) is 0 Å². The molecule has 1 saturated carbocycles. The predicted octanol–water partition coefficient (Wildman–Crippen LogP) is 3.96. The predicted molar refractivity (Wildman–Crippen MR) is 97.8 cm³/mol. The van der Waals surface area contributed by atoms with E-state index >= 15 is 0 Å². The second-order valence-corrected chi connectivity index (χ2v) is 7.15. The fraction of sp³-hybridized carbons (Fsp3) is 0.421. The number of hydrogen-bond donors (Lipinski definition) is 0. The maximum Gasteiger partial charge on any atom is 0.350 e. The Labute approximate surface area is 151 Å². The van der Waals surface area contributed by atoms with Crippen molar-refractivity contribution in [2.24, 2.45) is 5.92 Å². The summed E-state index contributed by atoms with van der Waals surface area (Å²) in [5.41, 5.74) is 1.65. The summed E-state index contributed by atoms with van der Waals surface area (Å²) >= 11 is 1.23. The van der Waals surface area contributed by atoms with Crippen molar-refractivity contribution in [3.8, 4) is 0 Å². The van der Waals surface area contributed by atoms with Gasteiger partial charge in [-0.3, -0.25) is 9.69 Å². The van der Waals surface area contributed by atoms with Crippen LogP contribution in [0.15, 0.2) is 30.3 Å². The van der Waals surface area contributed by atoms with Crippen LogP contribution in [0.4, 0.5) is 5.13 Å². The SMILES string of the molecule is CCOC(=O)c1sc(N(Cc2ccccc2)C(=O)C2CCC2)nc1C. The summed E-state index contributed by atoms with van der Waals surface area (Å²) in [5, 5.41) is 0.571. The highest BCUT2D eigenvalue weighted by atomic mass is 32.1. The van der Waals surface area contributed by atoms with Crippen LogP contribution in [0, 0.1) is 12.8 Å². The molecule has 1 aromatic carbocycles. The number of anilines is 1. The van der Waals surface area contributed by atoms with Gasteiger partial charge < -0.3 is 4.74 Å². The number of esters is 1. The lowest BCUT2D eigenvalue weighted by atomic mass is 9.84. The van der Waals surface area contributed by atoms with E-state index in [0.29, 0.717) is 28.9 Å². The van der Waals surface area contributed by atoms with E-state index in [4.69, 9.17) is 4.74 Å². The quantitative estimate of drug-likeness (QED) is 0.733. The molecule has 1 fully saturated rings. The first-order chi connectivity index (χ1) is 12.1. The van der Waals surface area contributed by atoms with Crippen molar-refractivity contribution >= 4 is 28.3 Å². The van der Waals surface area contributed by atoms with E-state index in [0.717, 1.165) is 24.8 Å². The topological polar surface area (TPSA) is 59.5 Å². The van der Waals surface area contributed by atoms with E-state index in [9.17, 15) is 9.59 Å². The molecule has 1 aliphatic carbocycles. The first-order valence-electron chi connectivity index (χ1n) is 8.60. The largest absolute Gasteiger partial charge is 0.462 e. The Kier molecular flexibility index (Phi) is 5.48. The van der Waals surface area contributed by atoms with Gasteiger partial charge in [-0.1, -0.05) is 48.1 Å². The average molecular weight is 358 g/mol. The summed E-state index contributed by atoms with van der Waals surface area (Å²) in [7, 11) is 0. The molecule has 132 valence electrons. The molecular weight excluding hydrogens is 336 g/mol. The van der Waals surface area contributed by atoms with Gasteiger partial charge in [0.1, 0.15) is 4.88 Å². The Morgan fingerprint density at radius 2 is 2.00 bits per heavy atom. The molecule has 3 rings (SSSR count). The van der Waals surface area contributed by atoms with Crippen LogP contribution in [0.1, 0.15) is 47.1 Å². The van der Waals surface area contributed by atoms with Crippen molar-refractivity contribution in [1.82, 2.24) is 4.98 Å². The Morgan fingerprint density at radius 1 is 1.28 bits per heavy atom. The average Bonchev–Trinajstić information content (AvgIpc) is 2.93. The number of amides is 1. The van der Waals surface area contributed by atoms with Gasteiger partial charge in [-0.2, -0.15) is 0 Å². The molecule has 1 amide bonds. The maximum atomic E-state index is 12.9. The fourth-order valence-corrected chi connectivity index (χ4v) is 3.73. The summed E-state index contributed by atoms with van der Waals surface area (Å²) < 4.78 is 5.09. The highest BCUT2D eigenvalue weighted by Crippen LogP contribution is 2.34. The van der Waals surface area contributed by atoms with Crippen LogP contribution in [0.2, 0.25) is 0 Å². The lowest BCUT2D eigenvalue weighted by Crippen LogP contribution is -2.38. The zero-order chi connectivity index (χ0) is 17.8. The standard InChI is InChI=1S/C19H22N2O3S/c1-3-24-18(23)16-13(2)20-19(25-16)21(17(22)15-10-7-11-15)12-14-8-5-4-6-9-14/h4-6,8-9,15H,3,7,10-12H2,1-2H3. The molecule has 0 radical (unpaired) electrons. The van der Waals surface area contributed by atoms with Crippen molar-refractivity contribution in [2.45, 2.75) is 39.7 Å². The Hall–Kier alpha value is -2.21. The normalized spacial score (nSPS) is 14.0. The van der Waals surface area contributed by atoms with Crippen LogP contribution in [-0.2, 0) is 16.1 Å². The third-order valence-corrected chi connectivity index (χ3v) is 5.54. The van der Waals surface area contributed by atoms with Gasteiger partial charge in [-0.15, -0.1) is 0 Å². The molecule has 0 saturated heterocycles. The molecule has 25 heavy (non-hydrogen) atoms. The van der Waals surface area contributed by atoms with Gasteiger partial charge in [-0.25, -0.2) is 9.78 Å². The molecule has 0 N–H and O–H groups in total. The van der Waals surface area contributed by atoms with E-state index in [-0.39, 0.29) is 17.8 Å². The molecule has 0 bridgehead atoms. The molecule has 0 atom stereocenters. The summed E-state index contributed by atoms with van der Waals surface area (Å²) in [6, 6.07) is 9.85. The first-order valence-corrected chi connectivity index (χ1v) is 9.41. The zero-order valence-corrected chi connectivity index (χ0v) is 15.3. The number of nitrogens with zero attached hydrogens (tertiary/aromatic N) is 2. The van der Waals surface area contributed by atoms with Gasteiger partial charge in [0.25, 0.3) is 0 Å². The number of carbonyl (C=O) groups excluding carboxylic acids is 2. The summed E-state index contributed by atoms with van der Waals surface area (Å²) in [5.74, 6) is -0.210. The lowest BCUT2D eigenvalue weighted by molar-refractivity contribution is -0.124. The van der Waals surface area contributed by atoms with Crippen molar-refractivity contribution in [1.29, 1.82) is 0 Å². The molecule has 2 aromatic rings. The summed E-state index contributed by atoms with van der Waals surface area (Å²) in [4.78, 5) is 31.7. The van der Waals surface area contributed by atoms with E-state index in [1.54, 1.807) is 18.7 Å². The maximum absolute atomic E-state index is 12.9. The number of aryl methyl sites for hydroxylation is 1. The van der Waals surface area contributed by atoms with Gasteiger partial charge in [0, 0.05) is 5.92 Å². The minimum absolute atomic E-state index is 0.0685. The van der Waals surface area contributed by atoms with Crippen LogP contribution in [-0.4, -0.2) is 23.5 Å². The molecule has 0 spiro atoms. The molecule has 6 heteroatoms. The second kappa shape index (κ2) is 7.78. The third-order valence-electron chi connectivity index (χ3n) is 4.38. The molecular formula is C19H22N2O3S. The molecule has 5 nitrogen and oxygen atoms in total. The third kappa shape index (κ3) is 3.90. The summed E-state index contributed by atoms with van der Waals surface area (Å²) in [6.45, 7) is 4.34. The molecule has 0 unspecified atom stereocenters. The zero-order valence-electron chi connectivity index (χ0n) is 14.5. The van der Waals surface area contributed by atoms with Crippen molar-refractivity contribution in [3.63, 3.8) is 0 Å². The van der Waals surface area contributed by atoms with Crippen molar-refractivity contribution in [2.75, 3.05) is 11.5 Å². The van der Waals surface area contributed by atoms with Crippen molar-refractivity contribution in [3.05, 3.63) is 46.5 Å². The van der Waals surface area contributed by atoms with Gasteiger partial charge in [0.15, 0.2) is 5.13 Å². The van der Waals surface area contributed by atoms with E-state index in [1.807, 2.05) is 30.3 Å². The van der Waals surface area contributed by atoms with Crippen LogP contribution < -0.4 is 4.90 Å². The monoisotopic (exact) mass is 358 g/mol. The van der Waals surface area contributed by atoms with Gasteiger partial charge in [-0.05, 0) is 32.3 Å². The van der Waals surface area contributed by atoms with Gasteiger partial charge in [0.05, 0.1) is 18.8 Å². The molecule has 1 aromatic heterocycles. The minimum Gasteiger partial charge on any atom is -0.462 e. The second-order valence-electron chi connectivity index (χ2n) is 6.17. The van der Waals surface area contributed by atoms with Gasteiger partial charge in [0.2, 0.25) is 5.91 Å². The first kappa shape index (κ1) is 17.6. The lowest BCUT2D eigenvalue weighted by Gasteiger charge is -2.30. The van der Waals surface area contributed by atoms with Crippen LogP contribution >= 0.6 is 11.3 Å². The van der Waals surface area contributed by atoms with Gasteiger partial charge >= 0.3 is 5.97 Å². The number of rotatable bonds is 6. The molecule has 1 heterocycles. The number of thiazole rings is 1. The minimum atomic E-state index is -0.375. The van der Waals surface area contributed by atoms with E-state index < -0.39 is 0 Å². The smallest absolute Gasteiger partial charge is 0.350 e.